The first-order valence-electron chi connectivity index (χ1n) is 14.9. The second-order valence-corrected chi connectivity index (χ2v) is 12.2. The standard InChI is InChI=1S/C32H32ClF3N6O5/c1-39(2)20-14-40(15-20)27-8-6-18(13-37-27)42-16-22(31(44)45)29(43)21-11-23(32(34,35)36)26(12-25(21)42)41-10-4-5-19(41)17-47-30-24(33)7-9-28(38-30)46-3/h6-9,11-13,16,19-20H,4-5,10,14-15,17H2,1-3H3,(H,44,45)/t19-/m1/s1. The van der Waals surface area contributed by atoms with Crippen molar-refractivity contribution in [3.8, 4) is 17.4 Å². The highest BCUT2D eigenvalue weighted by Gasteiger charge is 2.39. The molecule has 5 heterocycles. The Morgan fingerprint density at radius 3 is 2.57 bits per heavy atom. The molecule has 1 aromatic carbocycles. The molecule has 2 aliphatic rings. The fourth-order valence-electron chi connectivity index (χ4n) is 5.99. The summed E-state index contributed by atoms with van der Waals surface area (Å²) >= 11 is 6.24. The lowest BCUT2D eigenvalue weighted by Crippen LogP contribution is -2.57. The molecule has 6 rings (SSSR count). The maximum atomic E-state index is 14.7. The van der Waals surface area contributed by atoms with Gasteiger partial charge in [0, 0.05) is 43.3 Å². The van der Waals surface area contributed by atoms with Crippen molar-refractivity contribution in [2.45, 2.75) is 31.1 Å². The van der Waals surface area contributed by atoms with Gasteiger partial charge in [-0.25, -0.2) is 9.78 Å². The van der Waals surface area contributed by atoms with Gasteiger partial charge in [0.05, 0.1) is 41.8 Å². The molecule has 0 aliphatic carbocycles. The number of halogens is 4. The molecule has 3 aromatic heterocycles. The number of alkyl halides is 3. The van der Waals surface area contributed by atoms with E-state index in [9.17, 15) is 27.9 Å². The number of methoxy groups -OCH3 is 1. The van der Waals surface area contributed by atoms with E-state index in [2.05, 4.69) is 19.8 Å². The number of fused-ring (bicyclic) bond motifs is 1. The third-order valence-electron chi connectivity index (χ3n) is 8.68. The summed E-state index contributed by atoms with van der Waals surface area (Å²) in [6, 6.07) is 8.53. The number of aromatic carboxylic acids is 1. The number of carbonyl (C=O) groups is 1. The molecule has 0 saturated carbocycles. The van der Waals surface area contributed by atoms with Crippen LogP contribution in [0.25, 0.3) is 16.6 Å². The number of hydrogen-bond donors (Lipinski definition) is 1. The topological polar surface area (TPSA) is 113 Å². The third kappa shape index (κ3) is 6.26. The van der Waals surface area contributed by atoms with Gasteiger partial charge < -0.3 is 33.8 Å². The summed E-state index contributed by atoms with van der Waals surface area (Å²) in [5.74, 6) is -0.481. The van der Waals surface area contributed by atoms with E-state index in [0.29, 0.717) is 36.9 Å². The molecule has 47 heavy (non-hydrogen) atoms. The van der Waals surface area contributed by atoms with Gasteiger partial charge in [-0.3, -0.25) is 4.79 Å². The van der Waals surface area contributed by atoms with E-state index in [1.807, 2.05) is 14.1 Å². The van der Waals surface area contributed by atoms with Crippen LogP contribution in [0.15, 0.2) is 53.6 Å². The van der Waals surface area contributed by atoms with Crippen molar-refractivity contribution in [3.63, 3.8) is 0 Å². The summed E-state index contributed by atoms with van der Waals surface area (Å²) in [7, 11) is 5.44. The average molecular weight is 673 g/mol. The van der Waals surface area contributed by atoms with E-state index in [-0.39, 0.29) is 40.0 Å². The van der Waals surface area contributed by atoms with Crippen LogP contribution >= 0.6 is 11.6 Å². The molecule has 1 N–H and O–H groups in total. The van der Waals surface area contributed by atoms with Crippen LogP contribution in [0.5, 0.6) is 11.8 Å². The Morgan fingerprint density at radius 2 is 1.94 bits per heavy atom. The molecule has 0 bridgehead atoms. The minimum Gasteiger partial charge on any atom is -0.481 e. The highest BCUT2D eigenvalue weighted by molar-refractivity contribution is 6.31. The van der Waals surface area contributed by atoms with Crippen molar-refractivity contribution < 1.29 is 32.5 Å². The molecule has 11 nitrogen and oxygen atoms in total. The van der Waals surface area contributed by atoms with Crippen LogP contribution in [0.3, 0.4) is 0 Å². The number of likely N-dealkylation sites (N-methyl/N-ethyl adjacent to an activating group) is 1. The third-order valence-corrected chi connectivity index (χ3v) is 8.97. The lowest BCUT2D eigenvalue weighted by molar-refractivity contribution is -0.137. The van der Waals surface area contributed by atoms with Gasteiger partial charge in [0.1, 0.15) is 23.0 Å². The molecular weight excluding hydrogens is 641 g/mol. The zero-order valence-corrected chi connectivity index (χ0v) is 26.5. The molecule has 0 spiro atoms. The van der Waals surface area contributed by atoms with Crippen LogP contribution < -0.4 is 24.7 Å². The number of nitrogens with zero attached hydrogens (tertiary/aromatic N) is 6. The van der Waals surface area contributed by atoms with E-state index < -0.39 is 34.7 Å². The molecule has 1 atom stereocenters. The van der Waals surface area contributed by atoms with Crippen LogP contribution in [0.4, 0.5) is 24.7 Å². The number of rotatable bonds is 9. The second-order valence-electron chi connectivity index (χ2n) is 11.8. The Bertz CT molecular complexity index is 1880. The second kappa shape index (κ2) is 12.6. The largest absolute Gasteiger partial charge is 0.481 e. The number of benzene rings is 1. The number of aromatic nitrogens is 3. The number of carboxylic acids is 1. The quantitative estimate of drug-likeness (QED) is 0.262. The van der Waals surface area contributed by atoms with Crippen molar-refractivity contribution in [1.29, 1.82) is 0 Å². The highest BCUT2D eigenvalue weighted by Crippen LogP contribution is 2.42. The van der Waals surface area contributed by atoms with Gasteiger partial charge >= 0.3 is 12.1 Å². The maximum Gasteiger partial charge on any atom is 0.418 e. The van der Waals surface area contributed by atoms with Gasteiger partial charge in [0.25, 0.3) is 0 Å². The number of anilines is 2. The van der Waals surface area contributed by atoms with Crippen LogP contribution in [0.1, 0.15) is 28.8 Å². The number of carboxylic acid groups (broad SMARTS) is 1. The molecule has 15 heteroatoms. The van der Waals surface area contributed by atoms with Crippen molar-refractivity contribution in [2.24, 2.45) is 0 Å². The van der Waals surface area contributed by atoms with E-state index in [1.54, 1.807) is 29.2 Å². The van der Waals surface area contributed by atoms with Gasteiger partial charge in [0.15, 0.2) is 0 Å². The number of hydrogen-bond acceptors (Lipinski definition) is 9. The zero-order valence-electron chi connectivity index (χ0n) is 25.8. The van der Waals surface area contributed by atoms with Crippen LogP contribution in [0.2, 0.25) is 5.02 Å². The summed E-state index contributed by atoms with van der Waals surface area (Å²) in [6.07, 6.45) is -1.09. The van der Waals surface area contributed by atoms with Crippen LogP contribution in [-0.2, 0) is 6.18 Å². The normalized spacial score (nSPS) is 17.0. The predicted octanol–water partition coefficient (Wildman–Crippen LogP) is 4.96. The zero-order chi connectivity index (χ0) is 33.6. The van der Waals surface area contributed by atoms with E-state index in [0.717, 1.165) is 25.4 Å². The van der Waals surface area contributed by atoms with Gasteiger partial charge in [-0.05, 0) is 57.3 Å². The predicted molar refractivity (Wildman–Crippen MR) is 171 cm³/mol. The lowest BCUT2D eigenvalue weighted by Gasteiger charge is -2.43. The minimum absolute atomic E-state index is 0.0173. The van der Waals surface area contributed by atoms with Gasteiger partial charge in [-0.1, -0.05) is 11.6 Å². The summed E-state index contributed by atoms with van der Waals surface area (Å²) < 4.78 is 56.4. The van der Waals surface area contributed by atoms with E-state index in [1.165, 1.54) is 23.9 Å². The Morgan fingerprint density at radius 1 is 1.17 bits per heavy atom. The Labute approximate surface area is 272 Å². The monoisotopic (exact) mass is 672 g/mol. The summed E-state index contributed by atoms with van der Waals surface area (Å²) in [6.45, 7) is 1.84. The Kier molecular flexibility index (Phi) is 8.66. The van der Waals surface area contributed by atoms with Crippen molar-refractivity contribution in [3.05, 3.63) is 75.2 Å². The number of pyridine rings is 3. The van der Waals surface area contributed by atoms with E-state index >= 15 is 0 Å². The van der Waals surface area contributed by atoms with Gasteiger partial charge in [-0.15, -0.1) is 0 Å². The molecule has 2 aliphatic heterocycles. The molecule has 0 unspecified atom stereocenters. The molecule has 0 amide bonds. The van der Waals surface area contributed by atoms with Crippen molar-refractivity contribution in [2.75, 3.05) is 57.2 Å². The van der Waals surface area contributed by atoms with Crippen molar-refractivity contribution >= 4 is 40.0 Å². The van der Waals surface area contributed by atoms with Crippen LogP contribution in [-0.4, -0.2) is 90.0 Å². The fraction of sp³-hybridized carbons (Fsp3) is 0.375. The molecule has 0 radical (unpaired) electrons. The van der Waals surface area contributed by atoms with Gasteiger partial charge in [-0.2, -0.15) is 18.2 Å². The van der Waals surface area contributed by atoms with Crippen molar-refractivity contribution in [1.82, 2.24) is 19.4 Å². The summed E-state index contributed by atoms with van der Waals surface area (Å²) in [4.78, 5) is 39.9. The fourth-order valence-corrected chi connectivity index (χ4v) is 6.15. The molecule has 2 fully saturated rings. The minimum atomic E-state index is -4.85. The molecule has 2 saturated heterocycles. The SMILES string of the molecule is COc1ccc(Cl)c(OC[C@H]2CCCN2c2cc3c(cc2C(F)(F)F)c(=O)c(C(=O)O)cn3-c2ccc(N3CC(N(C)C)C3)nc2)n1. The van der Waals surface area contributed by atoms with Gasteiger partial charge in [0.2, 0.25) is 17.2 Å². The summed E-state index contributed by atoms with van der Waals surface area (Å²) in [5.41, 5.74) is -2.39. The van der Waals surface area contributed by atoms with Crippen LogP contribution in [0, 0.1) is 0 Å². The van der Waals surface area contributed by atoms with E-state index in [4.69, 9.17) is 21.1 Å². The smallest absolute Gasteiger partial charge is 0.418 e. The Hall–Kier alpha value is -4.56. The first kappa shape index (κ1) is 32.4. The molecule has 4 aromatic rings. The first-order valence-corrected chi connectivity index (χ1v) is 15.2. The molecule has 248 valence electrons. The number of ether oxygens (including phenoxy) is 2. The first-order chi connectivity index (χ1) is 22.3. The highest BCUT2D eigenvalue weighted by atomic mass is 35.5. The average Bonchev–Trinajstić information content (AvgIpc) is 3.48. The summed E-state index contributed by atoms with van der Waals surface area (Å²) in [5, 5.41) is 9.66. The Balaban J connectivity index is 1.42. The maximum absolute atomic E-state index is 14.7. The lowest BCUT2D eigenvalue weighted by atomic mass is 10.0. The molecular formula is C32H32ClF3N6O5.